The average molecular weight is 210 g/mol. The highest BCUT2D eigenvalue weighted by atomic mass is 32.1. The minimum atomic E-state index is 0.497. The van der Waals surface area contributed by atoms with Gasteiger partial charge < -0.3 is 14.3 Å². The molecule has 2 bridgehead atoms. The summed E-state index contributed by atoms with van der Waals surface area (Å²) >= 11 is 5.17. The van der Waals surface area contributed by atoms with E-state index in [2.05, 4.69) is 9.55 Å². The summed E-state index contributed by atoms with van der Waals surface area (Å²) in [5.41, 5.74) is 0. The Morgan fingerprint density at radius 2 is 2.50 bits per heavy atom. The molecule has 4 heteroatoms. The van der Waals surface area contributed by atoms with Crippen LogP contribution in [0.15, 0.2) is 12.4 Å². The van der Waals surface area contributed by atoms with Crippen molar-refractivity contribution in [2.45, 2.75) is 38.0 Å². The Labute approximate surface area is 88.1 Å². The minimum absolute atomic E-state index is 0.497. The van der Waals surface area contributed by atoms with Crippen molar-refractivity contribution in [2.24, 2.45) is 5.92 Å². The summed E-state index contributed by atoms with van der Waals surface area (Å²) in [6.45, 7) is 1.02. The molecule has 2 aliphatic heterocycles. The molecular weight excluding hydrogens is 196 g/mol. The van der Waals surface area contributed by atoms with Gasteiger partial charge in [0.05, 0.1) is 12.2 Å². The third-order valence-corrected chi connectivity index (χ3v) is 3.74. The van der Waals surface area contributed by atoms with Crippen molar-refractivity contribution >= 4 is 12.2 Å². The summed E-state index contributed by atoms with van der Waals surface area (Å²) in [5, 5.41) is 0. The molecule has 2 aliphatic rings. The van der Waals surface area contributed by atoms with Crippen molar-refractivity contribution in [2.75, 3.05) is 0 Å². The number of hydrogen-bond donors (Lipinski definition) is 1. The first-order chi connectivity index (χ1) is 6.83. The Kier molecular flexibility index (Phi) is 1.99. The fourth-order valence-electron chi connectivity index (χ4n) is 2.68. The Balaban J connectivity index is 1.74. The molecule has 0 spiro atoms. The van der Waals surface area contributed by atoms with E-state index in [1.165, 1.54) is 19.3 Å². The van der Waals surface area contributed by atoms with Crippen LogP contribution >= 0.6 is 12.2 Å². The molecule has 3 rings (SSSR count). The summed E-state index contributed by atoms with van der Waals surface area (Å²) in [5.74, 6) is 0.677. The van der Waals surface area contributed by atoms with Crippen LogP contribution < -0.4 is 0 Å². The van der Waals surface area contributed by atoms with E-state index in [1.54, 1.807) is 0 Å². The van der Waals surface area contributed by atoms with Crippen molar-refractivity contribution in [1.29, 1.82) is 0 Å². The number of imidazole rings is 1. The second kappa shape index (κ2) is 3.21. The van der Waals surface area contributed by atoms with Gasteiger partial charge in [0.2, 0.25) is 0 Å². The van der Waals surface area contributed by atoms with Crippen LogP contribution in [0.25, 0.3) is 0 Å². The number of nitrogens with one attached hydrogen (secondary N) is 1. The molecule has 1 aromatic rings. The Morgan fingerprint density at radius 1 is 1.57 bits per heavy atom. The van der Waals surface area contributed by atoms with E-state index < -0.39 is 0 Å². The predicted octanol–water partition coefficient (Wildman–Crippen LogP) is 2.11. The van der Waals surface area contributed by atoms with Crippen LogP contribution in [-0.4, -0.2) is 21.8 Å². The van der Waals surface area contributed by atoms with Crippen molar-refractivity contribution < 1.29 is 4.74 Å². The quantitative estimate of drug-likeness (QED) is 0.758. The maximum absolute atomic E-state index is 5.82. The van der Waals surface area contributed by atoms with E-state index in [4.69, 9.17) is 17.0 Å². The highest BCUT2D eigenvalue weighted by molar-refractivity contribution is 7.71. The Morgan fingerprint density at radius 3 is 3.07 bits per heavy atom. The number of hydrogen-bond acceptors (Lipinski definition) is 2. The second-order valence-electron chi connectivity index (χ2n) is 4.29. The Hall–Kier alpha value is -0.610. The molecule has 3 atom stereocenters. The zero-order valence-electron chi connectivity index (χ0n) is 7.98. The largest absolute Gasteiger partial charge is 0.375 e. The van der Waals surface area contributed by atoms with E-state index in [0.717, 1.165) is 11.3 Å². The second-order valence-corrected chi connectivity index (χ2v) is 4.67. The lowest BCUT2D eigenvalue weighted by molar-refractivity contribution is 0.0898. The highest BCUT2D eigenvalue weighted by Gasteiger charge is 2.40. The molecule has 0 aromatic carbocycles. The monoisotopic (exact) mass is 210 g/mol. The normalized spacial score (nSPS) is 35.3. The smallest absolute Gasteiger partial charge is 0.177 e. The average Bonchev–Trinajstić information content (AvgIpc) is 2.83. The van der Waals surface area contributed by atoms with E-state index >= 15 is 0 Å². The number of nitrogens with zero attached hydrogens (tertiary/aromatic N) is 1. The van der Waals surface area contributed by atoms with Gasteiger partial charge in [0, 0.05) is 24.9 Å². The SMILES string of the molecule is S=c1[nH]ccn1CC1CC2CCC1O2. The predicted molar refractivity (Wildman–Crippen MR) is 55.6 cm³/mol. The number of aromatic nitrogens is 2. The van der Waals surface area contributed by atoms with Crippen molar-refractivity contribution in [1.82, 2.24) is 9.55 Å². The lowest BCUT2D eigenvalue weighted by atomic mass is 9.89. The number of aromatic amines is 1. The zero-order valence-corrected chi connectivity index (χ0v) is 8.80. The van der Waals surface area contributed by atoms with Gasteiger partial charge in [-0.15, -0.1) is 0 Å². The summed E-state index contributed by atoms with van der Waals surface area (Å²) in [7, 11) is 0. The van der Waals surface area contributed by atoms with Gasteiger partial charge in [0.15, 0.2) is 4.77 Å². The molecule has 0 saturated carbocycles. The molecule has 0 aliphatic carbocycles. The molecular formula is C10H14N2OS. The summed E-state index contributed by atoms with van der Waals surface area (Å²) in [6.07, 6.45) is 8.68. The molecule has 76 valence electrons. The van der Waals surface area contributed by atoms with Gasteiger partial charge in [-0.1, -0.05) is 0 Å². The Bertz CT molecular complexity index is 383. The molecule has 1 aromatic heterocycles. The third kappa shape index (κ3) is 1.33. The highest BCUT2D eigenvalue weighted by Crippen LogP contribution is 2.39. The summed E-state index contributed by atoms with van der Waals surface area (Å²) in [4.78, 5) is 3.02. The van der Waals surface area contributed by atoms with E-state index in [9.17, 15) is 0 Å². The zero-order chi connectivity index (χ0) is 9.54. The van der Waals surface area contributed by atoms with Crippen molar-refractivity contribution in [3.8, 4) is 0 Å². The first-order valence-electron chi connectivity index (χ1n) is 5.22. The minimum Gasteiger partial charge on any atom is -0.375 e. The van der Waals surface area contributed by atoms with Crippen LogP contribution in [0.3, 0.4) is 0 Å². The first-order valence-corrected chi connectivity index (χ1v) is 5.63. The van der Waals surface area contributed by atoms with Gasteiger partial charge in [0.1, 0.15) is 0 Å². The van der Waals surface area contributed by atoms with E-state index in [-0.39, 0.29) is 0 Å². The number of ether oxygens (including phenoxy) is 1. The fourth-order valence-corrected chi connectivity index (χ4v) is 2.88. The number of rotatable bonds is 2. The van der Waals surface area contributed by atoms with Crippen LogP contribution in [0.1, 0.15) is 19.3 Å². The van der Waals surface area contributed by atoms with Crippen LogP contribution in [0, 0.1) is 10.7 Å². The van der Waals surface area contributed by atoms with Gasteiger partial charge in [-0.25, -0.2) is 0 Å². The van der Waals surface area contributed by atoms with Crippen LogP contribution in [0.2, 0.25) is 0 Å². The fraction of sp³-hybridized carbons (Fsp3) is 0.700. The first kappa shape index (κ1) is 8.68. The molecule has 2 fully saturated rings. The van der Waals surface area contributed by atoms with Crippen molar-refractivity contribution in [3.05, 3.63) is 17.2 Å². The summed E-state index contributed by atoms with van der Waals surface area (Å²) in [6, 6.07) is 0. The van der Waals surface area contributed by atoms with Gasteiger partial charge >= 0.3 is 0 Å². The molecule has 0 radical (unpaired) electrons. The topological polar surface area (TPSA) is 29.9 Å². The third-order valence-electron chi connectivity index (χ3n) is 3.39. The van der Waals surface area contributed by atoms with E-state index in [0.29, 0.717) is 18.1 Å². The lowest BCUT2D eigenvalue weighted by Gasteiger charge is -2.18. The van der Waals surface area contributed by atoms with Crippen LogP contribution in [-0.2, 0) is 11.3 Å². The molecule has 2 saturated heterocycles. The summed E-state index contributed by atoms with van der Waals surface area (Å²) < 4.78 is 8.76. The van der Waals surface area contributed by atoms with Crippen LogP contribution in [0.5, 0.6) is 0 Å². The molecule has 3 heterocycles. The lowest BCUT2D eigenvalue weighted by Crippen LogP contribution is -2.21. The maximum Gasteiger partial charge on any atom is 0.177 e. The van der Waals surface area contributed by atoms with Crippen molar-refractivity contribution in [3.63, 3.8) is 0 Å². The van der Waals surface area contributed by atoms with Gasteiger partial charge in [0.25, 0.3) is 0 Å². The van der Waals surface area contributed by atoms with Crippen LogP contribution in [0.4, 0.5) is 0 Å². The maximum atomic E-state index is 5.82. The molecule has 3 nitrogen and oxygen atoms in total. The number of H-pyrrole nitrogens is 1. The standard InChI is InChI=1S/C10H14N2OS/c14-10-11-3-4-12(10)6-7-5-8-1-2-9(7)13-8/h3-4,7-9H,1-2,5-6H2,(H,11,14). The number of fused-ring (bicyclic) bond motifs is 2. The van der Waals surface area contributed by atoms with Gasteiger partial charge in [-0.2, -0.15) is 0 Å². The van der Waals surface area contributed by atoms with E-state index in [1.807, 2.05) is 12.4 Å². The van der Waals surface area contributed by atoms with Gasteiger partial charge in [-0.05, 0) is 31.5 Å². The molecule has 1 N–H and O–H groups in total. The molecule has 3 unspecified atom stereocenters. The van der Waals surface area contributed by atoms with Gasteiger partial charge in [-0.3, -0.25) is 0 Å². The molecule has 14 heavy (non-hydrogen) atoms. The molecule has 0 amide bonds.